The summed E-state index contributed by atoms with van der Waals surface area (Å²) in [4.78, 5) is 3.95. The van der Waals surface area contributed by atoms with Gasteiger partial charge in [0.25, 0.3) is 0 Å². The fourth-order valence-corrected chi connectivity index (χ4v) is 1.37. The summed E-state index contributed by atoms with van der Waals surface area (Å²) in [5, 5.41) is 0. The Morgan fingerprint density at radius 3 is 2.44 bits per heavy atom. The lowest BCUT2D eigenvalue weighted by atomic mass is 9.92. The third kappa shape index (κ3) is 1.52. The van der Waals surface area contributed by atoms with Gasteiger partial charge in [-0.15, -0.1) is 0 Å². The van der Waals surface area contributed by atoms with Crippen LogP contribution in [0.3, 0.4) is 0 Å². The number of rotatable bonds is 1. The smallest absolute Gasteiger partial charge is 0.0643 e. The molecule has 1 aliphatic rings. The SMILES string of the molecule is C=NC1CCCC[C@H]1N. The van der Waals surface area contributed by atoms with Crippen molar-refractivity contribution in [1.82, 2.24) is 0 Å². The number of aliphatic imine (C=N–C) groups is 1. The Morgan fingerprint density at radius 1 is 1.33 bits per heavy atom. The van der Waals surface area contributed by atoms with Crippen molar-refractivity contribution >= 4 is 6.72 Å². The van der Waals surface area contributed by atoms with Crippen LogP contribution in [0.5, 0.6) is 0 Å². The van der Waals surface area contributed by atoms with E-state index < -0.39 is 0 Å². The largest absolute Gasteiger partial charge is 0.326 e. The van der Waals surface area contributed by atoms with E-state index in [-0.39, 0.29) is 6.04 Å². The Labute approximate surface area is 56.2 Å². The summed E-state index contributed by atoms with van der Waals surface area (Å²) in [7, 11) is 0. The molecule has 9 heavy (non-hydrogen) atoms. The maximum atomic E-state index is 5.76. The zero-order valence-corrected chi connectivity index (χ0v) is 5.71. The van der Waals surface area contributed by atoms with Crippen molar-refractivity contribution in [2.75, 3.05) is 0 Å². The molecule has 1 rings (SSSR count). The highest BCUT2D eigenvalue weighted by molar-refractivity contribution is 5.24. The predicted octanol–water partition coefficient (Wildman–Crippen LogP) is 0.957. The molecule has 0 radical (unpaired) electrons. The summed E-state index contributed by atoms with van der Waals surface area (Å²) < 4.78 is 0. The van der Waals surface area contributed by atoms with Crippen LogP contribution >= 0.6 is 0 Å². The molecule has 2 heteroatoms. The van der Waals surface area contributed by atoms with Crippen LogP contribution in [0.25, 0.3) is 0 Å². The third-order valence-corrected chi connectivity index (χ3v) is 2.02. The minimum absolute atomic E-state index is 0.288. The second-order valence-electron chi connectivity index (χ2n) is 2.70. The van der Waals surface area contributed by atoms with Crippen LogP contribution in [0.1, 0.15) is 25.7 Å². The average Bonchev–Trinajstić information content (AvgIpc) is 1.89. The van der Waals surface area contributed by atoms with E-state index in [1.54, 1.807) is 0 Å². The standard InChI is InChI=1S/C7H14N2/c1-9-7-5-3-2-4-6(7)8/h6-7H,1-5,8H2/t6-,7?/m1/s1. The molecular formula is C7H14N2. The van der Waals surface area contributed by atoms with E-state index in [4.69, 9.17) is 5.73 Å². The van der Waals surface area contributed by atoms with Gasteiger partial charge in [0.1, 0.15) is 0 Å². The Balaban J connectivity index is 2.38. The van der Waals surface area contributed by atoms with Crippen LogP contribution in [0, 0.1) is 0 Å². The molecule has 0 aromatic carbocycles. The highest BCUT2D eigenvalue weighted by Crippen LogP contribution is 2.18. The topological polar surface area (TPSA) is 38.4 Å². The highest BCUT2D eigenvalue weighted by Gasteiger charge is 2.19. The number of nitrogens with zero attached hydrogens (tertiary/aromatic N) is 1. The summed E-state index contributed by atoms with van der Waals surface area (Å²) in [6.07, 6.45) is 4.82. The van der Waals surface area contributed by atoms with Crippen molar-refractivity contribution in [3.8, 4) is 0 Å². The van der Waals surface area contributed by atoms with Crippen molar-refractivity contribution < 1.29 is 0 Å². The van der Waals surface area contributed by atoms with Gasteiger partial charge in [-0.25, -0.2) is 0 Å². The normalized spacial score (nSPS) is 36.1. The van der Waals surface area contributed by atoms with E-state index in [0.717, 1.165) is 12.8 Å². The molecule has 2 atom stereocenters. The summed E-state index contributed by atoms with van der Waals surface area (Å²) in [6.45, 7) is 3.50. The second-order valence-corrected chi connectivity index (χ2v) is 2.70. The van der Waals surface area contributed by atoms with Crippen LogP contribution in [-0.2, 0) is 0 Å². The fraction of sp³-hybridized carbons (Fsp3) is 0.857. The number of hydrogen-bond acceptors (Lipinski definition) is 2. The Kier molecular flexibility index (Phi) is 2.22. The Bertz CT molecular complexity index is 101. The van der Waals surface area contributed by atoms with Crippen LogP contribution in [0.2, 0.25) is 0 Å². The maximum Gasteiger partial charge on any atom is 0.0643 e. The minimum atomic E-state index is 0.288. The van der Waals surface area contributed by atoms with E-state index in [1.165, 1.54) is 12.8 Å². The summed E-state index contributed by atoms with van der Waals surface area (Å²) in [6, 6.07) is 0.634. The monoisotopic (exact) mass is 126 g/mol. The first-order valence-corrected chi connectivity index (χ1v) is 3.56. The van der Waals surface area contributed by atoms with Gasteiger partial charge in [0.05, 0.1) is 6.04 Å². The van der Waals surface area contributed by atoms with Crippen molar-refractivity contribution in [2.45, 2.75) is 37.8 Å². The van der Waals surface area contributed by atoms with Gasteiger partial charge in [-0.05, 0) is 19.6 Å². The van der Waals surface area contributed by atoms with Gasteiger partial charge in [-0.2, -0.15) is 0 Å². The first-order chi connectivity index (χ1) is 4.34. The van der Waals surface area contributed by atoms with E-state index in [9.17, 15) is 0 Å². The summed E-state index contributed by atoms with van der Waals surface area (Å²) >= 11 is 0. The quantitative estimate of drug-likeness (QED) is 0.522. The lowest BCUT2D eigenvalue weighted by Crippen LogP contribution is -2.35. The summed E-state index contributed by atoms with van der Waals surface area (Å²) in [5.41, 5.74) is 5.76. The second kappa shape index (κ2) is 2.97. The van der Waals surface area contributed by atoms with Crippen LogP contribution < -0.4 is 5.73 Å². The highest BCUT2D eigenvalue weighted by atomic mass is 14.8. The molecule has 0 aliphatic heterocycles. The molecule has 0 spiro atoms. The predicted molar refractivity (Wildman–Crippen MR) is 39.8 cm³/mol. The van der Waals surface area contributed by atoms with Gasteiger partial charge in [0.15, 0.2) is 0 Å². The van der Waals surface area contributed by atoms with Gasteiger partial charge < -0.3 is 5.73 Å². The summed E-state index contributed by atoms with van der Waals surface area (Å²) in [5.74, 6) is 0. The molecular weight excluding hydrogens is 112 g/mol. The molecule has 0 bridgehead atoms. The molecule has 1 saturated carbocycles. The van der Waals surface area contributed by atoms with Crippen molar-refractivity contribution in [2.24, 2.45) is 10.7 Å². The zero-order chi connectivity index (χ0) is 6.69. The van der Waals surface area contributed by atoms with Crippen LogP contribution in [0.4, 0.5) is 0 Å². The first-order valence-electron chi connectivity index (χ1n) is 3.56. The van der Waals surface area contributed by atoms with Gasteiger partial charge in [0.2, 0.25) is 0 Å². The molecule has 2 nitrogen and oxygen atoms in total. The maximum absolute atomic E-state index is 5.76. The molecule has 0 amide bonds. The molecule has 1 aliphatic carbocycles. The van der Waals surface area contributed by atoms with Crippen LogP contribution in [-0.4, -0.2) is 18.8 Å². The van der Waals surface area contributed by atoms with Gasteiger partial charge in [0, 0.05) is 6.04 Å². The first kappa shape index (κ1) is 6.75. The van der Waals surface area contributed by atoms with Gasteiger partial charge >= 0.3 is 0 Å². The lowest BCUT2D eigenvalue weighted by molar-refractivity contribution is 0.388. The number of nitrogens with two attached hydrogens (primary N) is 1. The zero-order valence-electron chi connectivity index (χ0n) is 5.71. The van der Waals surface area contributed by atoms with Crippen molar-refractivity contribution in [1.29, 1.82) is 0 Å². The minimum Gasteiger partial charge on any atom is -0.326 e. The van der Waals surface area contributed by atoms with E-state index in [1.807, 2.05) is 0 Å². The van der Waals surface area contributed by atoms with E-state index >= 15 is 0 Å². The third-order valence-electron chi connectivity index (χ3n) is 2.02. The van der Waals surface area contributed by atoms with E-state index in [0.29, 0.717) is 6.04 Å². The molecule has 1 fully saturated rings. The molecule has 0 saturated heterocycles. The fourth-order valence-electron chi connectivity index (χ4n) is 1.37. The molecule has 2 N–H and O–H groups in total. The average molecular weight is 126 g/mol. The molecule has 52 valence electrons. The Hall–Kier alpha value is -0.370. The molecule has 0 aromatic rings. The molecule has 1 unspecified atom stereocenters. The van der Waals surface area contributed by atoms with Crippen LogP contribution in [0.15, 0.2) is 4.99 Å². The van der Waals surface area contributed by atoms with E-state index in [2.05, 4.69) is 11.7 Å². The molecule has 0 aromatic heterocycles. The Morgan fingerprint density at radius 2 is 2.00 bits per heavy atom. The van der Waals surface area contributed by atoms with Gasteiger partial charge in [-0.3, -0.25) is 4.99 Å². The molecule has 0 heterocycles. The van der Waals surface area contributed by atoms with Crippen molar-refractivity contribution in [3.63, 3.8) is 0 Å². The van der Waals surface area contributed by atoms with Gasteiger partial charge in [-0.1, -0.05) is 12.8 Å². The van der Waals surface area contributed by atoms with Crippen molar-refractivity contribution in [3.05, 3.63) is 0 Å². The number of hydrogen-bond donors (Lipinski definition) is 1. The lowest BCUT2D eigenvalue weighted by Gasteiger charge is -2.24.